The van der Waals surface area contributed by atoms with E-state index in [1.165, 1.54) is 28.8 Å². The van der Waals surface area contributed by atoms with Gasteiger partial charge in [0.2, 0.25) is 5.91 Å². The van der Waals surface area contributed by atoms with Gasteiger partial charge in [-0.3, -0.25) is 14.6 Å². The maximum atomic E-state index is 13.6. The van der Waals surface area contributed by atoms with E-state index < -0.39 is 6.04 Å². The minimum Gasteiger partial charge on any atom is -0.467 e. The molecule has 0 spiro atoms. The topological polar surface area (TPSA) is 87.3 Å². The van der Waals surface area contributed by atoms with E-state index in [9.17, 15) is 14.0 Å². The lowest BCUT2D eigenvalue weighted by atomic mass is 10.1. The summed E-state index contributed by atoms with van der Waals surface area (Å²) in [6.45, 7) is 0.298. The van der Waals surface area contributed by atoms with Crippen LogP contribution in [0.3, 0.4) is 0 Å². The van der Waals surface area contributed by atoms with Gasteiger partial charge in [-0.1, -0.05) is 36.0 Å². The first-order chi connectivity index (χ1) is 16.6. The third-order valence-electron chi connectivity index (χ3n) is 5.49. The van der Waals surface area contributed by atoms with E-state index in [0.717, 1.165) is 16.8 Å². The lowest BCUT2D eigenvalue weighted by molar-refractivity contribution is -0.125. The number of aliphatic imine (C=N–C) groups is 2. The van der Waals surface area contributed by atoms with Crippen LogP contribution in [-0.2, 0) is 21.9 Å². The number of nitrogens with zero attached hydrogens (tertiary/aromatic N) is 3. The molecule has 2 aromatic carbocycles. The highest BCUT2D eigenvalue weighted by Gasteiger charge is 2.41. The summed E-state index contributed by atoms with van der Waals surface area (Å²) in [6, 6.07) is 16.7. The standard InChI is InChI=1S/C25H21FN4O3S/c26-17-6-3-5-16(13-17)15-34-25-29-20-9-2-1-8-19(20)23-28-21(24(32)30(23)25)10-11-22(31)27-14-18-7-4-12-33-18/h1-9,12-13,21H,10-11,14-15H2,(H,27,31)/t21-/m1/s1. The van der Waals surface area contributed by atoms with Crippen molar-refractivity contribution in [2.24, 2.45) is 9.98 Å². The molecule has 0 fully saturated rings. The third-order valence-corrected chi connectivity index (χ3v) is 6.50. The summed E-state index contributed by atoms with van der Waals surface area (Å²) in [5.41, 5.74) is 2.29. The molecule has 1 aromatic heterocycles. The second-order valence-electron chi connectivity index (χ2n) is 7.87. The molecule has 7 nitrogen and oxygen atoms in total. The number of halogens is 1. The van der Waals surface area contributed by atoms with Crippen LogP contribution in [0.15, 0.2) is 81.3 Å². The maximum absolute atomic E-state index is 13.6. The number of hydrogen-bond acceptors (Lipinski definition) is 6. The van der Waals surface area contributed by atoms with Gasteiger partial charge in [-0.25, -0.2) is 14.3 Å². The molecule has 5 rings (SSSR count). The molecule has 2 aliphatic heterocycles. The molecule has 2 aliphatic rings. The van der Waals surface area contributed by atoms with Crippen LogP contribution in [0.25, 0.3) is 0 Å². The summed E-state index contributed by atoms with van der Waals surface area (Å²) >= 11 is 1.35. The van der Waals surface area contributed by atoms with Gasteiger partial charge in [0, 0.05) is 17.7 Å². The van der Waals surface area contributed by atoms with Crippen molar-refractivity contribution in [1.82, 2.24) is 10.2 Å². The van der Waals surface area contributed by atoms with Crippen LogP contribution in [0.1, 0.15) is 29.7 Å². The monoisotopic (exact) mass is 476 g/mol. The Bertz CT molecular complexity index is 1290. The normalized spacial score (nSPS) is 16.6. The third kappa shape index (κ3) is 4.65. The number of hydrogen-bond donors (Lipinski definition) is 1. The minimum atomic E-state index is -0.671. The number of carbonyl (C=O) groups is 2. The Morgan fingerprint density at radius 3 is 2.85 bits per heavy atom. The van der Waals surface area contributed by atoms with Crippen molar-refractivity contribution in [2.75, 3.05) is 0 Å². The van der Waals surface area contributed by atoms with Gasteiger partial charge < -0.3 is 9.73 Å². The average Bonchev–Trinajstić information content (AvgIpc) is 3.48. The van der Waals surface area contributed by atoms with Gasteiger partial charge in [0.05, 0.1) is 18.5 Å². The van der Waals surface area contributed by atoms with Gasteiger partial charge in [-0.05, 0) is 48.4 Å². The predicted octanol–water partition coefficient (Wildman–Crippen LogP) is 4.41. The fourth-order valence-electron chi connectivity index (χ4n) is 3.82. The largest absolute Gasteiger partial charge is 0.467 e. The molecule has 0 aliphatic carbocycles. The molecule has 3 aromatic rings. The first-order valence-corrected chi connectivity index (χ1v) is 11.8. The van der Waals surface area contributed by atoms with Gasteiger partial charge in [-0.2, -0.15) is 0 Å². The zero-order valence-electron chi connectivity index (χ0n) is 18.1. The Morgan fingerprint density at radius 1 is 1.15 bits per heavy atom. The Hall–Kier alpha value is -3.72. The van der Waals surface area contributed by atoms with Crippen molar-refractivity contribution in [3.8, 4) is 0 Å². The van der Waals surface area contributed by atoms with Gasteiger partial charge in [-0.15, -0.1) is 0 Å². The van der Waals surface area contributed by atoms with Crippen LogP contribution >= 0.6 is 11.8 Å². The first-order valence-electron chi connectivity index (χ1n) is 10.8. The first kappa shape index (κ1) is 22.1. The molecule has 0 saturated heterocycles. The molecular formula is C25H21FN4O3S. The van der Waals surface area contributed by atoms with Gasteiger partial charge in [0.15, 0.2) is 5.17 Å². The molecule has 2 amide bonds. The zero-order valence-corrected chi connectivity index (χ0v) is 18.9. The van der Waals surface area contributed by atoms with Crippen molar-refractivity contribution >= 4 is 40.3 Å². The summed E-state index contributed by atoms with van der Waals surface area (Å²) < 4.78 is 18.8. The van der Waals surface area contributed by atoms with Crippen LogP contribution in [0.5, 0.6) is 0 Å². The predicted molar refractivity (Wildman–Crippen MR) is 128 cm³/mol. The van der Waals surface area contributed by atoms with E-state index in [1.807, 2.05) is 30.3 Å². The average molecular weight is 477 g/mol. The molecule has 34 heavy (non-hydrogen) atoms. The van der Waals surface area contributed by atoms with Gasteiger partial charge in [0.1, 0.15) is 23.5 Å². The molecule has 172 valence electrons. The van der Waals surface area contributed by atoms with Crippen molar-refractivity contribution in [2.45, 2.75) is 31.2 Å². The van der Waals surface area contributed by atoms with Gasteiger partial charge >= 0.3 is 0 Å². The number of carbonyl (C=O) groups excluding carboxylic acids is 2. The zero-order chi connectivity index (χ0) is 23.5. The van der Waals surface area contributed by atoms with E-state index in [-0.39, 0.29) is 30.5 Å². The molecular weight excluding hydrogens is 455 g/mol. The highest BCUT2D eigenvalue weighted by molar-refractivity contribution is 8.13. The Labute approximate surface area is 199 Å². The maximum Gasteiger partial charge on any atom is 0.259 e. The Balaban J connectivity index is 1.30. The van der Waals surface area contributed by atoms with Crippen molar-refractivity contribution < 1.29 is 18.4 Å². The Morgan fingerprint density at radius 2 is 2.03 bits per heavy atom. The fourth-order valence-corrected chi connectivity index (χ4v) is 4.76. The molecule has 0 bridgehead atoms. The summed E-state index contributed by atoms with van der Waals surface area (Å²) in [4.78, 5) is 36.5. The SMILES string of the molecule is O=C(CC[C@H]1N=C2c3ccccc3N=C(SCc3cccc(F)c3)N2C1=O)NCc1ccco1. The smallest absolute Gasteiger partial charge is 0.259 e. The molecule has 1 atom stereocenters. The highest BCUT2D eigenvalue weighted by Crippen LogP contribution is 2.35. The number of furan rings is 1. The van der Waals surface area contributed by atoms with Crippen LogP contribution in [-0.4, -0.2) is 33.8 Å². The number of para-hydroxylation sites is 1. The summed E-state index contributed by atoms with van der Waals surface area (Å²) in [5.74, 6) is 0.959. The highest BCUT2D eigenvalue weighted by atomic mass is 32.2. The van der Waals surface area contributed by atoms with Crippen molar-refractivity contribution in [3.63, 3.8) is 0 Å². The van der Waals surface area contributed by atoms with E-state index >= 15 is 0 Å². The summed E-state index contributed by atoms with van der Waals surface area (Å²) in [6.07, 6.45) is 1.99. The van der Waals surface area contributed by atoms with Crippen LogP contribution < -0.4 is 5.32 Å². The van der Waals surface area contributed by atoms with Gasteiger partial charge in [0.25, 0.3) is 5.91 Å². The second kappa shape index (κ2) is 9.64. The lowest BCUT2D eigenvalue weighted by Gasteiger charge is -2.25. The van der Waals surface area contributed by atoms with E-state index in [2.05, 4.69) is 15.3 Å². The van der Waals surface area contributed by atoms with Crippen LogP contribution in [0, 0.1) is 5.82 Å². The minimum absolute atomic E-state index is 0.159. The molecule has 0 radical (unpaired) electrons. The number of rotatable bonds is 7. The molecule has 3 heterocycles. The molecule has 0 unspecified atom stereocenters. The molecule has 0 saturated carbocycles. The number of fused-ring (bicyclic) bond motifs is 3. The van der Waals surface area contributed by atoms with E-state index in [0.29, 0.717) is 29.1 Å². The molecule has 9 heteroatoms. The molecule has 1 N–H and O–H groups in total. The quantitative estimate of drug-likeness (QED) is 0.547. The van der Waals surface area contributed by atoms with E-state index in [4.69, 9.17) is 4.42 Å². The second-order valence-corrected chi connectivity index (χ2v) is 8.81. The fraction of sp³-hybridized carbons (Fsp3) is 0.200. The van der Waals surface area contributed by atoms with Crippen molar-refractivity contribution in [3.05, 3.63) is 89.6 Å². The van der Waals surface area contributed by atoms with Crippen LogP contribution in [0.2, 0.25) is 0 Å². The number of thioether (sulfide) groups is 1. The summed E-state index contributed by atoms with van der Waals surface area (Å²) in [5, 5.41) is 3.29. The van der Waals surface area contributed by atoms with Crippen LogP contribution in [0.4, 0.5) is 10.1 Å². The number of amidine groups is 2. The summed E-state index contributed by atoms with van der Waals surface area (Å²) in [7, 11) is 0. The number of benzene rings is 2. The number of amides is 2. The van der Waals surface area contributed by atoms with E-state index in [1.54, 1.807) is 24.5 Å². The number of nitrogens with one attached hydrogen (secondary N) is 1. The lowest BCUT2D eigenvalue weighted by Crippen LogP contribution is -2.41. The Kier molecular flexibility index (Phi) is 6.27. The van der Waals surface area contributed by atoms with Crippen molar-refractivity contribution in [1.29, 1.82) is 0 Å².